The Hall–Kier alpha value is -3.16. The number of carbonyl (C=O) groups excluding carboxylic acids is 2. The van der Waals surface area contributed by atoms with E-state index in [1.54, 1.807) is 0 Å². The number of aromatic nitrogens is 2. The molecular weight excluding hydrogens is 382 g/mol. The van der Waals surface area contributed by atoms with Crippen LogP contribution in [0.5, 0.6) is 0 Å². The van der Waals surface area contributed by atoms with Gasteiger partial charge in [0.2, 0.25) is 17.8 Å². The average molecular weight is 409 g/mol. The summed E-state index contributed by atoms with van der Waals surface area (Å²) in [6.07, 6.45) is 1.96. The highest BCUT2D eigenvalue weighted by atomic mass is 16.2. The first-order valence-corrected chi connectivity index (χ1v) is 10.4. The zero-order valence-electron chi connectivity index (χ0n) is 17.5. The summed E-state index contributed by atoms with van der Waals surface area (Å²) < 4.78 is 0. The Kier molecular flexibility index (Phi) is 5.32. The molecule has 2 amide bonds. The molecule has 4 rings (SSSR count). The van der Waals surface area contributed by atoms with Crippen molar-refractivity contribution < 1.29 is 9.59 Å². The van der Waals surface area contributed by atoms with E-state index < -0.39 is 5.92 Å². The minimum Gasteiger partial charge on any atom is -0.342 e. The van der Waals surface area contributed by atoms with Crippen LogP contribution in [0.3, 0.4) is 0 Å². The van der Waals surface area contributed by atoms with Crippen molar-refractivity contribution in [3.63, 3.8) is 0 Å². The largest absolute Gasteiger partial charge is 0.342 e. The molecule has 0 bridgehead atoms. The Morgan fingerprint density at radius 2 is 1.80 bits per heavy atom. The van der Waals surface area contributed by atoms with Crippen molar-refractivity contribution in [3.8, 4) is 0 Å². The second-order valence-corrected chi connectivity index (χ2v) is 8.49. The smallest absolute Gasteiger partial charge is 0.258 e. The van der Waals surface area contributed by atoms with E-state index in [-0.39, 0.29) is 35.2 Å². The van der Waals surface area contributed by atoms with Crippen LogP contribution in [0.15, 0.2) is 23.0 Å². The van der Waals surface area contributed by atoms with E-state index in [0.29, 0.717) is 17.6 Å². The van der Waals surface area contributed by atoms with Crippen molar-refractivity contribution in [2.75, 3.05) is 28.6 Å². The number of piperidine rings is 1. The van der Waals surface area contributed by atoms with Gasteiger partial charge in [-0.1, -0.05) is 13.0 Å². The second kappa shape index (κ2) is 7.93. The number of benzene rings is 1. The molecule has 158 valence electrons. The van der Waals surface area contributed by atoms with E-state index in [0.717, 1.165) is 37.1 Å². The van der Waals surface area contributed by atoms with E-state index in [2.05, 4.69) is 27.5 Å². The number of fused-ring (bicyclic) bond motifs is 1. The van der Waals surface area contributed by atoms with Gasteiger partial charge in [-0.3, -0.25) is 19.4 Å². The minimum absolute atomic E-state index is 0.0883. The quantitative estimate of drug-likeness (QED) is 0.723. The maximum Gasteiger partial charge on any atom is 0.258 e. The Morgan fingerprint density at radius 3 is 2.47 bits per heavy atom. The van der Waals surface area contributed by atoms with Gasteiger partial charge in [0, 0.05) is 25.2 Å². The molecule has 3 heterocycles. The van der Waals surface area contributed by atoms with Crippen LogP contribution in [0.2, 0.25) is 0 Å². The maximum absolute atomic E-state index is 13.0. The Morgan fingerprint density at radius 1 is 1.13 bits per heavy atom. The monoisotopic (exact) mass is 409 g/mol. The number of aryl methyl sites for hydroxylation is 2. The van der Waals surface area contributed by atoms with E-state index in [1.807, 2.05) is 36.9 Å². The predicted molar refractivity (Wildman–Crippen MR) is 116 cm³/mol. The number of H-pyrrole nitrogens is 1. The van der Waals surface area contributed by atoms with Gasteiger partial charge >= 0.3 is 0 Å². The van der Waals surface area contributed by atoms with E-state index in [9.17, 15) is 14.4 Å². The number of aromatic amines is 1. The van der Waals surface area contributed by atoms with Crippen molar-refractivity contribution in [1.29, 1.82) is 0 Å². The van der Waals surface area contributed by atoms with Gasteiger partial charge in [0.25, 0.3) is 5.56 Å². The highest BCUT2D eigenvalue weighted by Crippen LogP contribution is 2.31. The molecule has 0 aliphatic carbocycles. The van der Waals surface area contributed by atoms with Crippen molar-refractivity contribution in [3.05, 3.63) is 45.2 Å². The normalized spacial score (nSPS) is 19.2. The third-order valence-electron chi connectivity index (χ3n) is 5.83. The fourth-order valence-corrected chi connectivity index (χ4v) is 4.23. The molecule has 30 heavy (non-hydrogen) atoms. The SMILES string of the molecule is Cc1cc(C)cc(NC(=O)[C@@H]2CC(=O)Nc3nc(N4CCC(C)CC4)[nH]c(=O)c32)c1. The summed E-state index contributed by atoms with van der Waals surface area (Å²) in [6, 6.07) is 5.73. The number of nitrogens with zero attached hydrogens (tertiary/aromatic N) is 2. The van der Waals surface area contributed by atoms with Crippen molar-refractivity contribution >= 4 is 29.3 Å². The topological polar surface area (TPSA) is 107 Å². The first-order chi connectivity index (χ1) is 14.3. The first-order valence-electron chi connectivity index (χ1n) is 10.4. The molecule has 0 unspecified atom stereocenters. The molecule has 3 N–H and O–H groups in total. The fourth-order valence-electron chi connectivity index (χ4n) is 4.23. The molecule has 0 saturated carbocycles. The van der Waals surface area contributed by atoms with E-state index in [4.69, 9.17) is 0 Å². The summed E-state index contributed by atoms with van der Waals surface area (Å²) in [6.45, 7) is 7.70. The van der Waals surface area contributed by atoms with Gasteiger partial charge in [-0.05, 0) is 55.9 Å². The molecule has 1 atom stereocenters. The van der Waals surface area contributed by atoms with Gasteiger partial charge < -0.3 is 15.5 Å². The number of nitrogens with one attached hydrogen (secondary N) is 3. The fraction of sp³-hybridized carbons (Fsp3) is 0.455. The lowest BCUT2D eigenvalue weighted by Gasteiger charge is -2.31. The number of anilines is 3. The van der Waals surface area contributed by atoms with Gasteiger partial charge in [-0.25, -0.2) is 0 Å². The van der Waals surface area contributed by atoms with Crippen LogP contribution in [0.4, 0.5) is 17.5 Å². The summed E-state index contributed by atoms with van der Waals surface area (Å²) in [5.41, 5.74) is 2.52. The van der Waals surface area contributed by atoms with Crippen LogP contribution in [0, 0.1) is 19.8 Å². The van der Waals surface area contributed by atoms with Gasteiger partial charge in [0.15, 0.2) is 0 Å². The molecule has 2 aliphatic heterocycles. The summed E-state index contributed by atoms with van der Waals surface area (Å²) in [5, 5.41) is 5.53. The summed E-state index contributed by atoms with van der Waals surface area (Å²) in [5.74, 6) is -0.322. The number of rotatable bonds is 3. The molecule has 1 fully saturated rings. The van der Waals surface area contributed by atoms with Gasteiger partial charge in [0.1, 0.15) is 5.82 Å². The number of hydrogen-bond donors (Lipinski definition) is 3. The minimum atomic E-state index is -0.888. The Balaban J connectivity index is 1.63. The molecule has 1 saturated heterocycles. The lowest BCUT2D eigenvalue weighted by molar-refractivity contribution is -0.123. The van der Waals surface area contributed by atoms with Crippen LogP contribution in [0.25, 0.3) is 0 Å². The van der Waals surface area contributed by atoms with Crippen LogP contribution >= 0.6 is 0 Å². The number of carbonyl (C=O) groups is 2. The molecule has 0 radical (unpaired) electrons. The lowest BCUT2D eigenvalue weighted by atomic mass is 9.92. The lowest BCUT2D eigenvalue weighted by Crippen LogP contribution is -2.39. The first kappa shape index (κ1) is 20.1. The van der Waals surface area contributed by atoms with Crippen molar-refractivity contribution in [2.45, 2.75) is 46.0 Å². The van der Waals surface area contributed by atoms with Crippen molar-refractivity contribution in [2.24, 2.45) is 5.92 Å². The molecule has 8 heteroatoms. The number of amides is 2. The Labute approximate surface area is 175 Å². The second-order valence-electron chi connectivity index (χ2n) is 8.49. The summed E-state index contributed by atoms with van der Waals surface area (Å²) in [7, 11) is 0. The van der Waals surface area contributed by atoms with Crippen LogP contribution in [-0.4, -0.2) is 34.9 Å². The molecule has 0 spiro atoms. The van der Waals surface area contributed by atoms with Crippen molar-refractivity contribution in [1.82, 2.24) is 9.97 Å². The molecular formula is C22H27N5O3. The average Bonchev–Trinajstić information content (AvgIpc) is 2.66. The third kappa shape index (κ3) is 4.08. The standard InChI is InChI=1S/C22H27N5O3/c1-12-4-6-27(7-5-12)22-25-19-18(21(30)26-22)16(11-17(28)24-19)20(29)23-15-9-13(2)8-14(3)10-15/h8-10,12,16H,4-7,11H2,1-3H3,(H,23,29)(H2,24,25,26,28,30)/t16-/m1/s1. The molecule has 1 aromatic heterocycles. The van der Waals surface area contributed by atoms with Gasteiger partial charge in [-0.15, -0.1) is 0 Å². The van der Waals surface area contributed by atoms with Crippen LogP contribution in [-0.2, 0) is 9.59 Å². The molecule has 1 aromatic carbocycles. The van der Waals surface area contributed by atoms with Gasteiger partial charge in [0.05, 0.1) is 11.5 Å². The summed E-state index contributed by atoms with van der Waals surface area (Å²) in [4.78, 5) is 47.5. The summed E-state index contributed by atoms with van der Waals surface area (Å²) >= 11 is 0. The third-order valence-corrected chi connectivity index (χ3v) is 5.83. The van der Waals surface area contributed by atoms with Crippen LogP contribution in [0.1, 0.15) is 48.8 Å². The molecule has 2 aliphatic rings. The van der Waals surface area contributed by atoms with E-state index >= 15 is 0 Å². The van der Waals surface area contributed by atoms with E-state index in [1.165, 1.54) is 0 Å². The highest BCUT2D eigenvalue weighted by molar-refractivity contribution is 6.04. The zero-order chi connectivity index (χ0) is 21.4. The Bertz CT molecular complexity index is 1030. The molecule has 2 aromatic rings. The predicted octanol–water partition coefficient (Wildman–Crippen LogP) is 2.69. The zero-order valence-corrected chi connectivity index (χ0v) is 17.5. The highest BCUT2D eigenvalue weighted by Gasteiger charge is 2.35. The van der Waals surface area contributed by atoms with Gasteiger partial charge in [-0.2, -0.15) is 4.98 Å². The molecule has 8 nitrogen and oxygen atoms in total. The number of hydrogen-bond acceptors (Lipinski definition) is 5. The van der Waals surface area contributed by atoms with Crippen LogP contribution < -0.4 is 21.1 Å². The maximum atomic E-state index is 13.0.